The van der Waals surface area contributed by atoms with Crippen molar-refractivity contribution >= 4 is 17.6 Å². The van der Waals surface area contributed by atoms with Crippen molar-refractivity contribution in [3.8, 4) is 0 Å². The Morgan fingerprint density at radius 3 is 2.85 bits per heavy atom. The van der Waals surface area contributed by atoms with Crippen LogP contribution < -0.4 is 10.6 Å². The lowest BCUT2D eigenvalue weighted by molar-refractivity contribution is -0.136. The van der Waals surface area contributed by atoms with Crippen molar-refractivity contribution in [1.82, 2.24) is 5.32 Å². The number of carboxylic acid groups (broad SMARTS) is 1. The lowest BCUT2D eigenvalue weighted by atomic mass is 9.96. The van der Waals surface area contributed by atoms with Gasteiger partial charge in [-0.2, -0.15) is 0 Å². The number of hydrogen-bond acceptors (Lipinski definition) is 3. The van der Waals surface area contributed by atoms with Crippen molar-refractivity contribution in [2.24, 2.45) is 5.92 Å². The van der Waals surface area contributed by atoms with Crippen LogP contribution in [0.15, 0.2) is 24.3 Å². The normalized spacial score (nSPS) is 18.5. The highest BCUT2D eigenvalue weighted by Crippen LogP contribution is 2.18. The number of carbonyl (C=O) groups excluding carboxylic acids is 1. The zero-order valence-corrected chi connectivity index (χ0v) is 11.4. The van der Waals surface area contributed by atoms with Crippen LogP contribution in [-0.2, 0) is 16.0 Å². The van der Waals surface area contributed by atoms with Crippen LogP contribution in [0.5, 0.6) is 0 Å². The Balaban J connectivity index is 1.94. The van der Waals surface area contributed by atoms with Crippen molar-refractivity contribution in [1.29, 1.82) is 0 Å². The van der Waals surface area contributed by atoms with E-state index in [1.807, 2.05) is 0 Å². The molecule has 2 rings (SSSR count). The summed E-state index contributed by atoms with van der Waals surface area (Å²) < 4.78 is 0. The third-order valence-electron chi connectivity index (χ3n) is 3.51. The number of piperidine rings is 1. The fraction of sp³-hybridized carbons (Fsp3) is 0.467. The summed E-state index contributed by atoms with van der Waals surface area (Å²) in [5.41, 5.74) is 1.23. The third kappa shape index (κ3) is 4.35. The Morgan fingerprint density at radius 1 is 1.35 bits per heavy atom. The number of para-hydroxylation sites is 1. The minimum Gasteiger partial charge on any atom is -0.481 e. The SMILES string of the molecule is O=C(O)Cc1ccccc1NC(=O)CC1CCCNC1. The zero-order chi connectivity index (χ0) is 14.4. The number of hydrogen-bond donors (Lipinski definition) is 3. The lowest BCUT2D eigenvalue weighted by Crippen LogP contribution is -2.32. The second-order valence-corrected chi connectivity index (χ2v) is 5.19. The molecule has 5 heteroatoms. The fourth-order valence-corrected chi connectivity index (χ4v) is 2.52. The predicted octanol–water partition coefficient (Wildman–Crippen LogP) is 1.64. The quantitative estimate of drug-likeness (QED) is 0.764. The van der Waals surface area contributed by atoms with E-state index in [1.165, 1.54) is 0 Å². The van der Waals surface area contributed by atoms with Gasteiger partial charge in [0.15, 0.2) is 0 Å². The van der Waals surface area contributed by atoms with Gasteiger partial charge in [-0.15, -0.1) is 0 Å². The second-order valence-electron chi connectivity index (χ2n) is 5.19. The molecule has 3 N–H and O–H groups in total. The van der Waals surface area contributed by atoms with Crippen LogP contribution in [0.1, 0.15) is 24.8 Å². The smallest absolute Gasteiger partial charge is 0.307 e. The van der Waals surface area contributed by atoms with Crippen LogP contribution in [0.4, 0.5) is 5.69 Å². The summed E-state index contributed by atoms with van der Waals surface area (Å²) in [5.74, 6) is -0.574. The molecular formula is C15H20N2O3. The van der Waals surface area contributed by atoms with E-state index in [-0.39, 0.29) is 12.3 Å². The minimum absolute atomic E-state index is 0.0449. The van der Waals surface area contributed by atoms with Gasteiger partial charge in [-0.1, -0.05) is 18.2 Å². The molecule has 0 saturated carbocycles. The van der Waals surface area contributed by atoms with E-state index in [9.17, 15) is 9.59 Å². The summed E-state index contributed by atoms with van der Waals surface area (Å²) in [6.07, 6.45) is 2.57. The highest BCUT2D eigenvalue weighted by Gasteiger charge is 2.17. The summed E-state index contributed by atoms with van der Waals surface area (Å²) in [4.78, 5) is 22.8. The number of carboxylic acids is 1. The number of aliphatic carboxylic acids is 1. The predicted molar refractivity (Wildman–Crippen MR) is 76.6 cm³/mol. The highest BCUT2D eigenvalue weighted by atomic mass is 16.4. The number of benzene rings is 1. The Morgan fingerprint density at radius 2 is 2.15 bits per heavy atom. The van der Waals surface area contributed by atoms with Gasteiger partial charge in [0.25, 0.3) is 0 Å². The van der Waals surface area contributed by atoms with Gasteiger partial charge in [0, 0.05) is 12.1 Å². The Hall–Kier alpha value is -1.88. The monoisotopic (exact) mass is 276 g/mol. The van der Waals surface area contributed by atoms with Gasteiger partial charge in [-0.25, -0.2) is 0 Å². The van der Waals surface area contributed by atoms with E-state index < -0.39 is 5.97 Å². The van der Waals surface area contributed by atoms with Crippen LogP contribution in [0.25, 0.3) is 0 Å². The first-order valence-corrected chi connectivity index (χ1v) is 6.95. The van der Waals surface area contributed by atoms with Crippen molar-refractivity contribution in [2.75, 3.05) is 18.4 Å². The molecule has 1 unspecified atom stereocenters. The molecule has 1 aromatic carbocycles. The molecule has 1 saturated heterocycles. The van der Waals surface area contributed by atoms with E-state index in [4.69, 9.17) is 5.11 Å². The standard InChI is InChI=1S/C15H20N2O3/c18-14(8-11-4-3-7-16-10-11)17-13-6-2-1-5-12(13)9-15(19)20/h1-2,5-6,11,16H,3-4,7-10H2,(H,17,18)(H,19,20). The molecule has 1 atom stereocenters. The average Bonchev–Trinajstić information content (AvgIpc) is 2.41. The molecule has 0 aromatic heterocycles. The maximum Gasteiger partial charge on any atom is 0.307 e. The topological polar surface area (TPSA) is 78.4 Å². The van der Waals surface area contributed by atoms with Crippen molar-refractivity contribution in [2.45, 2.75) is 25.7 Å². The Bertz CT molecular complexity index is 482. The molecule has 1 aliphatic rings. The van der Waals surface area contributed by atoms with Crippen LogP contribution in [-0.4, -0.2) is 30.1 Å². The first kappa shape index (κ1) is 14.5. The summed E-state index contributed by atoms with van der Waals surface area (Å²) in [6, 6.07) is 7.04. The number of nitrogens with one attached hydrogen (secondary N) is 2. The van der Waals surface area contributed by atoms with E-state index in [0.29, 0.717) is 23.6 Å². The van der Waals surface area contributed by atoms with Crippen LogP contribution in [0, 0.1) is 5.92 Å². The fourth-order valence-electron chi connectivity index (χ4n) is 2.52. The number of amides is 1. The van der Waals surface area contributed by atoms with Crippen molar-refractivity contribution in [3.63, 3.8) is 0 Å². The van der Waals surface area contributed by atoms with E-state index in [1.54, 1.807) is 24.3 Å². The summed E-state index contributed by atoms with van der Waals surface area (Å²) in [6.45, 7) is 1.91. The van der Waals surface area contributed by atoms with E-state index in [2.05, 4.69) is 10.6 Å². The third-order valence-corrected chi connectivity index (χ3v) is 3.51. The van der Waals surface area contributed by atoms with Crippen LogP contribution in [0.2, 0.25) is 0 Å². The molecule has 0 spiro atoms. The van der Waals surface area contributed by atoms with Gasteiger partial charge < -0.3 is 15.7 Å². The molecule has 1 heterocycles. The first-order chi connectivity index (χ1) is 9.65. The molecule has 1 amide bonds. The Labute approximate surface area is 118 Å². The largest absolute Gasteiger partial charge is 0.481 e. The second kappa shape index (κ2) is 7.05. The molecule has 1 aromatic rings. The van der Waals surface area contributed by atoms with E-state index >= 15 is 0 Å². The zero-order valence-electron chi connectivity index (χ0n) is 11.4. The van der Waals surface area contributed by atoms with Gasteiger partial charge in [0.1, 0.15) is 0 Å². The molecule has 0 radical (unpaired) electrons. The lowest BCUT2D eigenvalue weighted by Gasteiger charge is -2.22. The van der Waals surface area contributed by atoms with Crippen molar-refractivity contribution in [3.05, 3.63) is 29.8 Å². The number of carbonyl (C=O) groups is 2. The molecule has 0 bridgehead atoms. The van der Waals surface area contributed by atoms with Gasteiger partial charge in [0.2, 0.25) is 5.91 Å². The van der Waals surface area contributed by atoms with Gasteiger partial charge in [-0.3, -0.25) is 9.59 Å². The molecule has 20 heavy (non-hydrogen) atoms. The van der Waals surface area contributed by atoms with Crippen LogP contribution >= 0.6 is 0 Å². The first-order valence-electron chi connectivity index (χ1n) is 6.95. The van der Waals surface area contributed by atoms with Gasteiger partial charge in [-0.05, 0) is 43.5 Å². The van der Waals surface area contributed by atoms with E-state index in [0.717, 1.165) is 25.9 Å². The summed E-state index contributed by atoms with van der Waals surface area (Å²) >= 11 is 0. The molecular weight excluding hydrogens is 256 g/mol. The molecule has 5 nitrogen and oxygen atoms in total. The number of rotatable bonds is 5. The Kier molecular flexibility index (Phi) is 5.12. The summed E-state index contributed by atoms with van der Waals surface area (Å²) in [7, 11) is 0. The van der Waals surface area contributed by atoms with Gasteiger partial charge >= 0.3 is 5.97 Å². The molecule has 1 aliphatic heterocycles. The van der Waals surface area contributed by atoms with Crippen LogP contribution in [0.3, 0.4) is 0 Å². The van der Waals surface area contributed by atoms with Crippen molar-refractivity contribution < 1.29 is 14.7 Å². The maximum absolute atomic E-state index is 12.0. The van der Waals surface area contributed by atoms with Gasteiger partial charge in [0.05, 0.1) is 6.42 Å². The molecule has 108 valence electrons. The minimum atomic E-state index is -0.900. The molecule has 0 aliphatic carbocycles. The molecule has 1 fully saturated rings. The summed E-state index contributed by atoms with van der Waals surface area (Å²) in [5, 5.41) is 15.0. The number of anilines is 1. The maximum atomic E-state index is 12.0. The average molecular weight is 276 g/mol. The highest BCUT2D eigenvalue weighted by molar-refractivity contribution is 5.92.